The van der Waals surface area contributed by atoms with Crippen molar-refractivity contribution in [2.45, 2.75) is 6.92 Å². The Bertz CT molecular complexity index is 710. The summed E-state index contributed by atoms with van der Waals surface area (Å²) in [5, 5.41) is 0.739. The predicted octanol–water partition coefficient (Wildman–Crippen LogP) is 3.53. The quantitative estimate of drug-likeness (QED) is 0.882. The number of carbonyl (C=O) groups is 1. The highest BCUT2D eigenvalue weighted by atomic mass is 35.5. The lowest BCUT2D eigenvalue weighted by Crippen LogP contribution is -2.16. The van der Waals surface area contributed by atoms with E-state index in [0.29, 0.717) is 15.6 Å². The van der Waals surface area contributed by atoms with E-state index >= 15 is 0 Å². The highest BCUT2D eigenvalue weighted by Crippen LogP contribution is 2.30. The normalized spacial score (nSPS) is 10.3. The van der Waals surface area contributed by atoms with Crippen LogP contribution in [-0.2, 0) is 4.74 Å². The molecule has 1 aromatic heterocycles. The lowest BCUT2D eigenvalue weighted by atomic mass is 10.0. The van der Waals surface area contributed by atoms with E-state index in [4.69, 9.17) is 27.9 Å². The average Bonchev–Trinajstić information content (AvgIpc) is 2.40. The maximum atomic E-state index is 12.0. The fraction of sp³-hybridized carbons (Fsp3) is 0.143. The van der Waals surface area contributed by atoms with E-state index in [9.17, 15) is 9.59 Å². The first-order valence-corrected chi connectivity index (χ1v) is 6.64. The Morgan fingerprint density at radius 2 is 2.05 bits per heavy atom. The largest absolute Gasteiger partial charge is 0.462 e. The molecule has 6 heteroatoms. The van der Waals surface area contributed by atoms with E-state index in [-0.39, 0.29) is 17.7 Å². The monoisotopic (exact) mass is 311 g/mol. The van der Waals surface area contributed by atoms with Crippen LogP contribution < -0.4 is 5.56 Å². The summed E-state index contributed by atoms with van der Waals surface area (Å²) in [6.07, 6.45) is 1.39. The first-order valence-electron chi connectivity index (χ1n) is 5.88. The second-order valence-electron chi connectivity index (χ2n) is 3.94. The molecule has 1 heterocycles. The third-order valence-corrected chi connectivity index (χ3v) is 3.20. The SMILES string of the molecule is CCOC(=O)c1cc[nH]c(=O)c1-c1ccc(Cl)cc1Cl. The van der Waals surface area contributed by atoms with E-state index < -0.39 is 11.5 Å². The standard InChI is InChI=1S/C14H11Cl2NO3/c1-2-20-14(19)10-5-6-17-13(18)12(10)9-4-3-8(15)7-11(9)16/h3-7H,2H2,1H3,(H,17,18). The molecule has 0 atom stereocenters. The summed E-state index contributed by atoms with van der Waals surface area (Å²) in [5.74, 6) is -0.570. The van der Waals surface area contributed by atoms with Crippen LogP contribution in [0.2, 0.25) is 10.0 Å². The van der Waals surface area contributed by atoms with Gasteiger partial charge in [-0.05, 0) is 25.1 Å². The molecular formula is C14H11Cl2NO3. The number of aromatic nitrogens is 1. The molecule has 0 spiro atoms. The van der Waals surface area contributed by atoms with Gasteiger partial charge in [-0.2, -0.15) is 0 Å². The Hall–Kier alpha value is -1.78. The molecule has 0 amide bonds. The Kier molecular flexibility index (Phi) is 4.47. The first-order chi connectivity index (χ1) is 9.54. The van der Waals surface area contributed by atoms with Gasteiger partial charge in [0.2, 0.25) is 0 Å². The molecule has 0 saturated heterocycles. The number of ether oxygens (including phenoxy) is 1. The fourth-order valence-corrected chi connectivity index (χ4v) is 2.32. The van der Waals surface area contributed by atoms with Crippen LogP contribution in [0.3, 0.4) is 0 Å². The average molecular weight is 312 g/mol. The van der Waals surface area contributed by atoms with Crippen LogP contribution in [0.1, 0.15) is 17.3 Å². The molecule has 1 aromatic carbocycles. The van der Waals surface area contributed by atoms with Crippen LogP contribution in [0.5, 0.6) is 0 Å². The van der Waals surface area contributed by atoms with Gasteiger partial charge in [-0.15, -0.1) is 0 Å². The number of nitrogens with one attached hydrogen (secondary N) is 1. The summed E-state index contributed by atoms with van der Waals surface area (Å²) in [5.41, 5.74) is 0.355. The van der Waals surface area contributed by atoms with Gasteiger partial charge in [-0.25, -0.2) is 4.79 Å². The van der Waals surface area contributed by atoms with E-state index in [0.717, 1.165) is 0 Å². The zero-order valence-electron chi connectivity index (χ0n) is 10.6. The summed E-state index contributed by atoms with van der Waals surface area (Å²) >= 11 is 11.9. The summed E-state index contributed by atoms with van der Waals surface area (Å²) in [4.78, 5) is 26.5. The lowest BCUT2D eigenvalue weighted by Gasteiger charge is -2.09. The van der Waals surface area contributed by atoms with Crippen LogP contribution >= 0.6 is 23.2 Å². The predicted molar refractivity (Wildman–Crippen MR) is 78.5 cm³/mol. The van der Waals surface area contributed by atoms with Crippen molar-refractivity contribution in [2.24, 2.45) is 0 Å². The maximum absolute atomic E-state index is 12.0. The summed E-state index contributed by atoms with van der Waals surface area (Å²) in [6, 6.07) is 6.20. The number of esters is 1. The second kappa shape index (κ2) is 6.11. The van der Waals surface area contributed by atoms with Gasteiger partial charge in [0.25, 0.3) is 5.56 Å². The molecule has 0 unspecified atom stereocenters. The highest BCUT2D eigenvalue weighted by molar-refractivity contribution is 6.36. The fourth-order valence-electron chi connectivity index (χ4n) is 1.82. The molecule has 0 fully saturated rings. The minimum absolute atomic E-state index is 0.167. The number of benzene rings is 1. The Balaban J connectivity index is 2.67. The Morgan fingerprint density at radius 1 is 1.30 bits per heavy atom. The van der Waals surface area contributed by atoms with Crippen LogP contribution in [0.15, 0.2) is 35.3 Å². The molecule has 1 N–H and O–H groups in total. The molecule has 0 aliphatic carbocycles. The molecule has 0 radical (unpaired) electrons. The molecule has 104 valence electrons. The van der Waals surface area contributed by atoms with Crippen molar-refractivity contribution in [3.63, 3.8) is 0 Å². The number of aromatic amines is 1. The first kappa shape index (κ1) is 14.6. The molecule has 0 aliphatic heterocycles. The lowest BCUT2D eigenvalue weighted by molar-refractivity contribution is 0.0527. The zero-order valence-corrected chi connectivity index (χ0v) is 12.1. The molecule has 2 rings (SSSR count). The molecular weight excluding hydrogens is 301 g/mol. The second-order valence-corrected chi connectivity index (χ2v) is 4.78. The number of hydrogen-bond donors (Lipinski definition) is 1. The highest BCUT2D eigenvalue weighted by Gasteiger charge is 2.19. The van der Waals surface area contributed by atoms with Crippen molar-refractivity contribution in [2.75, 3.05) is 6.61 Å². The molecule has 0 saturated carbocycles. The van der Waals surface area contributed by atoms with Crippen LogP contribution in [0.4, 0.5) is 0 Å². The van der Waals surface area contributed by atoms with Crippen molar-refractivity contribution in [3.8, 4) is 11.1 Å². The number of H-pyrrole nitrogens is 1. The van der Waals surface area contributed by atoms with Gasteiger partial charge in [-0.1, -0.05) is 29.3 Å². The van der Waals surface area contributed by atoms with E-state index in [1.807, 2.05) is 0 Å². The third-order valence-electron chi connectivity index (χ3n) is 2.66. The van der Waals surface area contributed by atoms with Crippen LogP contribution in [-0.4, -0.2) is 17.6 Å². The van der Waals surface area contributed by atoms with Crippen molar-refractivity contribution < 1.29 is 9.53 Å². The van der Waals surface area contributed by atoms with Gasteiger partial charge in [0, 0.05) is 16.8 Å². The summed E-state index contributed by atoms with van der Waals surface area (Å²) < 4.78 is 4.95. The molecule has 4 nitrogen and oxygen atoms in total. The topological polar surface area (TPSA) is 59.2 Å². The Morgan fingerprint density at radius 3 is 2.70 bits per heavy atom. The molecule has 20 heavy (non-hydrogen) atoms. The third kappa shape index (κ3) is 2.86. The smallest absolute Gasteiger partial charge is 0.339 e. The molecule has 0 aliphatic rings. The number of carbonyl (C=O) groups excluding carboxylic acids is 1. The Labute approximate surface area is 125 Å². The van der Waals surface area contributed by atoms with Gasteiger partial charge in [0.1, 0.15) is 0 Å². The van der Waals surface area contributed by atoms with Gasteiger partial charge in [0.05, 0.1) is 22.8 Å². The van der Waals surface area contributed by atoms with E-state index in [2.05, 4.69) is 4.98 Å². The number of hydrogen-bond acceptors (Lipinski definition) is 3. The minimum atomic E-state index is -0.570. The van der Waals surface area contributed by atoms with E-state index in [1.54, 1.807) is 19.1 Å². The van der Waals surface area contributed by atoms with Crippen LogP contribution in [0.25, 0.3) is 11.1 Å². The van der Waals surface area contributed by atoms with Gasteiger partial charge in [-0.3, -0.25) is 4.79 Å². The van der Waals surface area contributed by atoms with Crippen molar-refractivity contribution >= 4 is 29.2 Å². The van der Waals surface area contributed by atoms with Crippen molar-refractivity contribution in [1.82, 2.24) is 4.98 Å². The van der Waals surface area contributed by atoms with Crippen molar-refractivity contribution in [3.05, 3.63) is 56.4 Å². The van der Waals surface area contributed by atoms with Crippen LogP contribution in [0, 0.1) is 0 Å². The zero-order chi connectivity index (χ0) is 14.7. The number of halogens is 2. The molecule has 2 aromatic rings. The minimum Gasteiger partial charge on any atom is -0.462 e. The van der Waals surface area contributed by atoms with Gasteiger partial charge in [0.15, 0.2) is 0 Å². The summed E-state index contributed by atoms with van der Waals surface area (Å²) in [7, 11) is 0. The van der Waals surface area contributed by atoms with Gasteiger partial charge >= 0.3 is 5.97 Å². The van der Waals surface area contributed by atoms with Crippen molar-refractivity contribution in [1.29, 1.82) is 0 Å². The van der Waals surface area contributed by atoms with E-state index in [1.165, 1.54) is 18.3 Å². The number of rotatable bonds is 3. The summed E-state index contributed by atoms with van der Waals surface area (Å²) in [6.45, 7) is 1.92. The van der Waals surface area contributed by atoms with Gasteiger partial charge < -0.3 is 9.72 Å². The molecule has 0 bridgehead atoms. The number of pyridine rings is 1. The maximum Gasteiger partial charge on any atom is 0.339 e.